The predicted molar refractivity (Wildman–Crippen MR) is 113 cm³/mol. The quantitative estimate of drug-likeness (QED) is 0.225. The van der Waals surface area contributed by atoms with Crippen LogP contribution in [0, 0.1) is 5.92 Å². The van der Waals surface area contributed by atoms with Gasteiger partial charge in [-0.3, -0.25) is 4.79 Å². The number of carbonyl (C=O) groups is 1. The molecular weight excluding hydrogens is 374 g/mol. The Morgan fingerprint density at radius 2 is 1.41 bits per heavy atom. The van der Waals surface area contributed by atoms with Gasteiger partial charge in [0.15, 0.2) is 0 Å². The number of ether oxygens (including phenoxy) is 5. The molecule has 0 aliphatic carbocycles. The average molecular weight is 412 g/mol. The van der Waals surface area contributed by atoms with E-state index in [-0.39, 0.29) is 11.9 Å². The Balaban J connectivity index is 1.85. The van der Waals surface area contributed by atoms with Gasteiger partial charge in [-0.1, -0.05) is 26.7 Å². The Bertz CT molecular complexity index is 523. The molecule has 0 aliphatic rings. The van der Waals surface area contributed by atoms with Crippen LogP contribution >= 0.6 is 0 Å². The number of unbranched alkanes of at least 4 members (excludes halogenated alkanes) is 1. The van der Waals surface area contributed by atoms with Gasteiger partial charge in [-0.2, -0.15) is 0 Å². The van der Waals surface area contributed by atoms with Crippen LogP contribution in [0.2, 0.25) is 0 Å². The molecule has 0 spiro atoms. The largest absolute Gasteiger partial charge is 0.491 e. The standard InChI is InChI=1S/C22H37NO6/c1-3-5-6-19(4-2)22(24)29-18-16-27-14-12-25-11-13-26-15-17-28-21-9-7-20(23)8-10-21/h7-10,19H,3-6,11-18,23H2,1-2H3. The van der Waals surface area contributed by atoms with Gasteiger partial charge >= 0.3 is 5.97 Å². The summed E-state index contributed by atoms with van der Waals surface area (Å²) < 4.78 is 27.1. The fourth-order valence-electron chi connectivity index (χ4n) is 2.58. The highest BCUT2D eigenvalue weighted by Crippen LogP contribution is 2.14. The van der Waals surface area contributed by atoms with Crippen molar-refractivity contribution in [3.63, 3.8) is 0 Å². The summed E-state index contributed by atoms with van der Waals surface area (Å²) in [5.74, 6) is 0.668. The van der Waals surface area contributed by atoms with Crippen molar-refractivity contribution in [3.05, 3.63) is 24.3 Å². The first-order chi connectivity index (χ1) is 14.2. The number of nitrogens with two attached hydrogens (primary N) is 1. The Labute approximate surface area is 174 Å². The number of benzene rings is 1. The van der Waals surface area contributed by atoms with Crippen LogP contribution in [0.5, 0.6) is 5.75 Å². The second-order valence-corrected chi connectivity index (χ2v) is 6.67. The van der Waals surface area contributed by atoms with E-state index in [1.54, 1.807) is 12.1 Å². The van der Waals surface area contributed by atoms with Gasteiger partial charge in [0.2, 0.25) is 0 Å². The summed E-state index contributed by atoms with van der Waals surface area (Å²) in [6.07, 6.45) is 3.87. The maximum Gasteiger partial charge on any atom is 0.308 e. The van der Waals surface area contributed by atoms with Gasteiger partial charge in [-0.15, -0.1) is 0 Å². The zero-order valence-electron chi connectivity index (χ0n) is 17.9. The molecule has 1 atom stereocenters. The molecule has 0 fully saturated rings. The van der Waals surface area contributed by atoms with Gasteiger partial charge in [0.1, 0.15) is 19.0 Å². The molecule has 0 amide bonds. The number of esters is 1. The fraction of sp³-hybridized carbons (Fsp3) is 0.682. The summed E-state index contributed by atoms with van der Waals surface area (Å²) in [6, 6.07) is 7.25. The zero-order valence-corrected chi connectivity index (χ0v) is 17.9. The number of hydrogen-bond acceptors (Lipinski definition) is 7. The molecule has 2 N–H and O–H groups in total. The zero-order chi connectivity index (χ0) is 21.2. The Morgan fingerprint density at radius 3 is 1.97 bits per heavy atom. The van der Waals surface area contributed by atoms with Crippen molar-refractivity contribution in [3.8, 4) is 5.75 Å². The Kier molecular flexibility index (Phi) is 14.8. The highest BCUT2D eigenvalue weighted by molar-refractivity contribution is 5.72. The molecule has 0 radical (unpaired) electrons. The molecule has 0 bridgehead atoms. The summed E-state index contributed by atoms with van der Waals surface area (Å²) in [5, 5.41) is 0. The highest BCUT2D eigenvalue weighted by atomic mass is 16.6. The fourth-order valence-corrected chi connectivity index (χ4v) is 2.58. The normalized spacial score (nSPS) is 11.9. The van der Waals surface area contributed by atoms with E-state index in [1.807, 2.05) is 19.1 Å². The lowest BCUT2D eigenvalue weighted by Crippen LogP contribution is -2.20. The van der Waals surface area contributed by atoms with Gasteiger partial charge in [-0.25, -0.2) is 0 Å². The molecule has 29 heavy (non-hydrogen) atoms. The van der Waals surface area contributed by atoms with E-state index in [9.17, 15) is 4.79 Å². The van der Waals surface area contributed by atoms with Crippen LogP contribution in [0.4, 0.5) is 5.69 Å². The van der Waals surface area contributed by atoms with E-state index in [4.69, 9.17) is 29.4 Å². The Hall–Kier alpha value is -1.83. The van der Waals surface area contributed by atoms with Gasteiger partial charge in [-0.05, 0) is 37.1 Å². The smallest absolute Gasteiger partial charge is 0.308 e. The van der Waals surface area contributed by atoms with Crippen molar-refractivity contribution in [1.29, 1.82) is 0 Å². The van der Waals surface area contributed by atoms with E-state index >= 15 is 0 Å². The summed E-state index contributed by atoms with van der Waals surface area (Å²) in [4.78, 5) is 11.9. The van der Waals surface area contributed by atoms with Gasteiger partial charge in [0.05, 0.1) is 45.6 Å². The maximum atomic E-state index is 11.9. The molecule has 1 unspecified atom stereocenters. The third-order valence-corrected chi connectivity index (χ3v) is 4.32. The van der Waals surface area contributed by atoms with Crippen LogP contribution < -0.4 is 10.5 Å². The Morgan fingerprint density at radius 1 is 0.862 bits per heavy atom. The highest BCUT2D eigenvalue weighted by Gasteiger charge is 2.16. The lowest BCUT2D eigenvalue weighted by atomic mass is 10.00. The molecule has 0 heterocycles. The summed E-state index contributed by atoms with van der Waals surface area (Å²) in [5.41, 5.74) is 6.33. The number of carbonyl (C=O) groups excluding carboxylic acids is 1. The number of hydrogen-bond donors (Lipinski definition) is 1. The molecule has 0 saturated heterocycles. The van der Waals surface area contributed by atoms with E-state index < -0.39 is 0 Å². The van der Waals surface area contributed by atoms with Crippen molar-refractivity contribution in [1.82, 2.24) is 0 Å². The maximum absolute atomic E-state index is 11.9. The summed E-state index contributed by atoms with van der Waals surface area (Å²) in [7, 11) is 0. The number of nitrogen functional groups attached to an aromatic ring is 1. The molecule has 166 valence electrons. The summed E-state index contributed by atoms with van der Waals surface area (Å²) >= 11 is 0. The van der Waals surface area contributed by atoms with Crippen LogP contribution in [0.25, 0.3) is 0 Å². The van der Waals surface area contributed by atoms with Crippen LogP contribution in [0.15, 0.2) is 24.3 Å². The van der Waals surface area contributed by atoms with Crippen molar-refractivity contribution in [2.45, 2.75) is 39.5 Å². The lowest BCUT2D eigenvalue weighted by molar-refractivity contribution is -0.150. The van der Waals surface area contributed by atoms with Crippen LogP contribution in [-0.4, -0.2) is 58.8 Å². The van der Waals surface area contributed by atoms with Crippen molar-refractivity contribution in [2.24, 2.45) is 5.92 Å². The minimum absolute atomic E-state index is 0.00942. The van der Waals surface area contributed by atoms with E-state index in [0.29, 0.717) is 58.5 Å². The number of anilines is 1. The van der Waals surface area contributed by atoms with Gasteiger partial charge in [0, 0.05) is 5.69 Å². The topological polar surface area (TPSA) is 89.2 Å². The summed E-state index contributed by atoms with van der Waals surface area (Å²) in [6.45, 7) is 7.73. The molecular formula is C22H37NO6. The molecule has 1 rings (SSSR count). The minimum Gasteiger partial charge on any atom is -0.491 e. The van der Waals surface area contributed by atoms with Crippen molar-refractivity contribution in [2.75, 3.05) is 58.6 Å². The lowest BCUT2D eigenvalue weighted by Gasteiger charge is -2.13. The number of rotatable bonds is 18. The van der Waals surface area contributed by atoms with Crippen LogP contribution in [0.3, 0.4) is 0 Å². The molecule has 0 aromatic heterocycles. The van der Waals surface area contributed by atoms with Crippen LogP contribution in [-0.2, 0) is 23.7 Å². The van der Waals surface area contributed by atoms with E-state index in [0.717, 1.165) is 31.4 Å². The first-order valence-corrected chi connectivity index (χ1v) is 10.6. The first kappa shape index (κ1) is 25.2. The molecule has 7 heteroatoms. The minimum atomic E-state index is -0.113. The van der Waals surface area contributed by atoms with Crippen molar-refractivity contribution >= 4 is 11.7 Å². The molecule has 7 nitrogen and oxygen atoms in total. The molecule has 0 aliphatic heterocycles. The van der Waals surface area contributed by atoms with Crippen molar-refractivity contribution < 1.29 is 28.5 Å². The first-order valence-electron chi connectivity index (χ1n) is 10.6. The molecule has 1 aromatic carbocycles. The van der Waals surface area contributed by atoms with Crippen LogP contribution in [0.1, 0.15) is 39.5 Å². The van der Waals surface area contributed by atoms with Gasteiger partial charge < -0.3 is 29.4 Å². The molecule has 0 saturated carbocycles. The molecule has 1 aromatic rings. The predicted octanol–water partition coefficient (Wildman–Crippen LogP) is 3.46. The van der Waals surface area contributed by atoms with E-state index in [1.165, 1.54) is 0 Å². The second-order valence-electron chi connectivity index (χ2n) is 6.67. The van der Waals surface area contributed by atoms with Gasteiger partial charge in [0.25, 0.3) is 0 Å². The monoisotopic (exact) mass is 411 g/mol. The third kappa shape index (κ3) is 13.1. The second kappa shape index (κ2) is 17.1. The SMILES string of the molecule is CCCCC(CC)C(=O)OCCOCCOCCOCCOc1ccc(N)cc1. The third-order valence-electron chi connectivity index (χ3n) is 4.32. The average Bonchev–Trinajstić information content (AvgIpc) is 2.73. The van der Waals surface area contributed by atoms with E-state index in [2.05, 4.69) is 6.92 Å².